The van der Waals surface area contributed by atoms with Gasteiger partial charge in [0.05, 0.1) is 11.1 Å². The summed E-state index contributed by atoms with van der Waals surface area (Å²) in [4.78, 5) is 18.8. The van der Waals surface area contributed by atoms with Crippen molar-refractivity contribution in [3.05, 3.63) is 60.3 Å². The number of hydrogen-bond acceptors (Lipinski definition) is 5. The molecule has 1 aromatic heterocycles. The van der Waals surface area contributed by atoms with Gasteiger partial charge in [0.25, 0.3) is 15.9 Å². The second-order valence-electron chi connectivity index (χ2n) is 7.67. The summed E-state index contributed by atoms with van der Waals surface area (Å²) in [7, 11) is -0.232. The van der Waals surface area contributed by atoms with E-state index in [0.717, 1.165) is 5.39 Å². The van der Waals surface area contributed by atoms with E-state index in [1.54, 1.807) is 36.5 Å². The van der Waals surface area contributed by atoms with Crippen LogP contribution in [0, 0.1) is 5.92 Å². The maximum atomic E-state index is 13.1. The third-order valence-electron chi connectivity index (χ3n) is 4.53. The molecule has 0 aliphatic carbocycles. The molecule has 3 rings (SSSR count). The number of carbonyl (C=O) groups is 1. The average Bonchev–Trinajstić information content (AvgIpc) is 2.71. The molecule has 8 heteroatoms. The summed E-state index contributed by atoms with van der Waals surface area (Å²) in [6, 6.07) is 13.5. The largest absolute Gasteiger partial charge is 0.377 e. The fourth-order valence-corrected chi connectivity index (χ4v) is 4.30. The van der Waals surface area contributed by atoms with E-state index in [2.05, 4.69) is 15.0 Å². The van der Waals surface area contributed by atoms with Crippen molar-refractivity contribution in [2.45, 2.75) is 18.7 Å². The molecule has 1 heterocycles. The van der Waals surface area contributed by atoms with Gasteiger partial charge in [-0.1, -0.05) is 32.0 Å². The first-order valence-corrected chi connectivity index (χ1v) is 11.1. The zero-order chi connectivity index (χ0) is 21.9. The van der Waals surface area contributed by atoms with Gasteiger partial charge in [-0.05, 0) is 36.2 Å². The molecule has 0 aliphatic rings. The van der Waals surface area contributed by atoms with Crippen molar-refractivity contribution in [2.75, 3.05) is 30.3 Å². The summed E-state index contributed by atoms with van der Waals surface area (Å²) < 4.78 is 28.7. The summed E-state index contributed by atoms with van der Waals surface area (Å²) in [5, 5.41) is 3.62. The Kier molecular flexibility index (Phi) is 6.26. The van der Waals surface area contributed by atoms with Gasteiger partial charge in [0.2, 0.25) is 0 Å². The van der Waals surface area contributed by atoms with E-state index in [1.165, 1.54) is 6.07 Å². The molecule has 1 amide bonds. The van der Waals surface area contributed by atoms with Crippen molar-refractivity contribution in [1.29, 1.82) is 0 Å². The molecule has 0 saturated heterocycles. The Morgan fingerprint density at radius 3 is 2.53 bits per heavy atom. The molecule has 0 atom stereocenters. The molecular weight excluding hydrogens is 400 g/mol. The molecule has 0 bridgehead atoms. The van der Waals surface area contributed by atoms with Crippen molar-refractivity contribution in [3.8, 4) is 0 Å². The summed E-state index contributed by atoms with van der Waals surface area (Å²) >= 11 is 0. The number of nitrogens with zero attached hydrogens (tertiary/aromatic N) is 2. The zero-order valence-electron chi connectivity index (χ0n) is 17.5. The average molecular weight is 427 g/mol. The number of hydrogen-bond donors (Lipinski definition) is 2. The zero-order valence-corrected chi connectivity index (χ0v) is 18.3. The highest BCUT2D eigenvalue weighted by atomic mass is 32.2. The number of rotatable bonds is 7. The lowest BCUT2D eigenvalue weighted by atomic mass is 10.1. The van der Waals surface area contributed by atoms with Crippen molar-refractivity contribution in [2.24, 2.45) is 5.92 Å². The summed E-state index contributed by atoms with van der Waals surface area (Å²) in [6.07, 6.45) is 1.56. The van der Waals surface area contributed by atoms with Gasteiger partial charge in [0.1, 0.15) is 4.90 Å². The molecule has 158 valence electrons. The Labute approximate surface area is 177 Å². The second-order valence-corrected chi connectivity index (χ2v) is 9.32. The van der Waals surface area contributed by atoms with E-state index in [0.29, 0.717) is 34.9 Å². The van der Waals surface area contributed by atoms with Gasteiger partial charge in [-0.15, -0.1) is 0 Å². The Hall–Kier alpha value is -3.13. The van der Waals surface area contributed by atoms with E-state index >= 15 is 0 Å². The van der Waals surface area contributed by atoms with Crippen LogP contribution in [-0.4, -0.2) is 39.9 Å². The minimum Gasteiger partial charge on any atom is -0.377 e. The number of amides is 1. The van der Waals surface area contributed by atoms with Crippen LogP contribution in [0.25, 0.3) is 10.9 Å². The first-order valence-electron chi connectivity index (χ1n) is 9.65. The van der Waals surface area contributed by atoms with Crippen molar-refractivity contribution >= 4 is 38.2 Å². The lowest BCUT2D eigenvalue weighted by Gasteiger charge is -2.19. The molecule has 0 fully saturated rings. The van der Waals surface area contributed by atoms with Crippen molar-refractivity contribution < 1.29 is 13.2 Å². The monoisotopic (exact) mass is 426 g/mol. The van der Waals surface area contributed by atoms with Crippen LogP contribution >= 0.6 is 0 Å². The Bertz CT molecular complexity index is 1170. The van der Waals surface area contributed by atoms with Crippen LogP contribution in [0.1, 0.15) is 24.2 Å². The predicted octanol–water partition coefficient (Wildman–Crippen LogP) is 3.49. The highest BCUT2D eigenvalue weighted by Crippen LogP contribution is 2.27. The van der Waals surface area contributed by atoms with E-state index in [1.807, 2.05) is 45.0 Å². The number of carbonyl (C=O) groups excluding carboxylic acids is 1. The highest BCUT2D eigenvalue weighted by Gasteiger charge is 2.20. The van der Waals surface area contributed by atoms with Gasteiger partial charge in [0, 0.05) is 43.6 Å². The van der Waals surface area contributed by atoms with Crippen LogP contribution < -0.4 is 14.9 Å². The molecule has 30 heavy (non-hydrogen) atoms. The molecule has 2 N–H and O–H groups in total. The van der Waals surface area contributed by atoms with Gasteiger partial charge in [-0.2, -0.15) is 0 Å². The lowest BCUT2D eigenvalue weighted by Crippen LogP contribution is -2.29. The van der Waals surface area contributed by atoms with Gasteiger partial charge >= 0.3 is 0 Å². The third-order valence-corrected chi connectivity index (χ3v) is 5.94. The molecule has 0 aliphatic heterocycles. The van der Waals surface area contributed by atoms with Crippen LogP contribution in [0.5, 0.6) is 0 Å². The topological polar surface area (TPSA) is 91.4 Å². The standard InChI is InChI=1S/C22H26N4O3S/c1-15(2)14-24-22(27)18-13-17(10-11-19(18)26(3)4)25-30(28,29)20-9-5-7-16-8-6-12-23-21(16)20/h5-13,15,25H,14H2,1-4H3,(H,24,27). The summed E-state index contributed by atoms with van der Waals surface area (Å²) in [5.41, 5.74) is 1.80. The normalized spacial score (nSPS) is 11.5. The van der Waals surface area contributed by atoms with Crippen molar-refractivity contribution in [1.82, 2.24) is 10.3 Å². The van der Waals surface area contributed by atoms with Crippen LogP contribution in [-0.2, 0) is 10.0 Å². The first-order chi connectivity index (χ1) is 14.2. The van der Waals surface area contributed by atoms with E-state index in [4.69, 9.17) is 0 Å². The number of sulfonamides is 1. The molecule has 3 aromatic rings. The van der Waals surface area contributed by atoms with Gasteiger partial charge in [0.15, 0.2) is 0 Å². The van der Waals surface area contributed by atoms with Crippen LogP contribution in [0.2, 0.25) is 0 Å². The van der Waals surface area contributed by atoms with Gasteiger partial charge < -0.3 is 10.2 Å². The third kappa shape index (κ3) is 4.71. The predicted molar refractivity (Wildman–Crippen MR) is 120 cm³/mol. The number of anilines is 2. The number of pyridine rings is 1. The number of benzene rings is 2. The van der Waals surface area contributed by atoms with E-state index in [-0.39, 0.29) is 10.8 Å². The first kappa shape index (κ1) is 21.6. The number of aromatic nitrogens is 1. The Morgan fingerprint density at radius 2 is 1.83 bits per heavy atom. The quantitative estimate of drug-likeness (QED) is 0.603. The fourth-order valence-electron chi connectivity index (χ4n) is 3.07. The number of para-hydroxylation sites is 1. The Balaban J connectivity index is 1.97. The molecule has 0 radical (unpaired) electrons. The number of nitrogens with one attached hydrogen (secondary N) is 2. The van der Waals surface area contributed by atoms with Gasteiger partial charge in [-0.3, -0.25) is 14.5 Å². The number of fused-ring (bicyclic) bond motifs is 1. The smallest absolute Gasteiger partial charge is 0.264 e. The molecule has 7 nitrogen and oxygen atoms in total. The summed E-state index contributed by atoms with van der Waals surface area (Å²) in [5.74, 6) is 0.0533. The maximum Gasteiger partial charge on any atom is 0.264 e. The van der Waals surface area contributed by atoms with Crippen molar-refractivity contribution in [3.63, 3.8) is 0 Å². The fraction of sp³-hybridized carbons (Fsp3) is 0.273. The molecule has 0 saturated carbocycles. The van der Waals surface area contributed by atoms with Gasteiger partial charge in [-0.25, -0.2) is 8.42 Å². The molecule has 0 unspecified atom stereocenters. The maximum absolute atomic E-state index is 13.1. The Morgan fingerprint density at radius 1 is 1.10 bits per heavy atom. The lowest BCUT2D eigenvalue weighted by molar-refractivity contribution is 0.0949. The summed E-state index contributed by atoms with van der Waals surface area (Å²) in [6.45, 7) is 4.55. The minimum absolute atomic E-state index is 0.0862. The molecular formula is C22H26N4O3S. The van der Waals surface area contributed by atoms with Crippen LogP contribution in [0.4, 0.5) is 11.4 Å². The highest BCUT2D eigenvalue weighted by molar-refractivity contribution is 7.93. The van der Waals surface area contributed by atoms with Crippen LogP contribution in [0.3, 0.4) is 0 Å². The molecule has 0 spiro atoms. The SMILES string of the molecule is CC(C)CNC(=O)c1cc(NS(=O)(=O)c2cccc3cccnc23)ccc1N(C)C. The van der Waals surface area contributed by atoms with E-state index in [9.17, 15) is 13.2 Å². The van der Waals surface area contributed by atoms with Crippen LogP contribution in [0.15, 0.2) is 59.6 Å². The molecule has 2 aromatic carbocycles. The second kappa shape index (κ2) is 8.71. The minimum atomic E-state index is -3.90. The van der Waals surface area contributed by atoms with E-state index < -0.39 is 10.0 Å².